The van der Waals surface area contributed by atoms with Crippen LogP contribution in [-0.4, -0.2) is 20.4 Å². The van der Waals surface area contributed by atoms with Crippen LogP contribution in [0.1, 0.15) is 36.2 Å². The predicted molar refractivity (Wildman–Crippen MR) is 105 cm³/mol. The molecule has 1 amide bonds. The van der Waals surface area contributed by atoms with E-state index in [0.29, 0.717) is 11.3 Å². The highest BCUT2D eigenvalue weighted by Crippen LogP contribution is 2.18. The summed E-state index contributed by atoms with van der Waals surface area (Å²) in [5.41, 5.74) is 0.954. The molecule has 0 saturated heterocycles. The lowest BCUT2D eigenvalue weighted by Crippen LogP contribution is -2.37. The number of carbonyl (C=O) groups excluding carboxylic acids is 1. The Balaban J connectivity index is 2.19. The minimum atomic E-state index is -3.85. The number of amides is 1. The molecule has 2 N–H and O–H groups in total. The molecular weight excluding hydrogens is 381 g/mol. The Hall–Kier alpha value is -2.76. The van der Waals surface area contributed by atoms with E-state index in [0.717, 1.165) is 0 Å². The first-order valence-electron chi connectivity index (χ1n) is 8.71. The number of nitriles is 1. The fourth-order valence-electron chi connectivity index (χ4n) is 2.48. The predicted octanol–water partition coefficient (Wildman–Crippen LogP) is 3.60. The van der Waals surface area contributed by atoms with Gasteiger partial charge in [0, 0.05) is 23.7 Å². The zero-order chi connectivity index (χ0) is 20.9. The molecule has 28 heavy (non-hydrogen) atoms. The molecule has 148 valence electrons. The van der Waals surface area contributed by atoms with Gasteiger partial charge in [0.1, 0.15) is 5.82 Å². The second kappa shape index (κ2) is 8.95. The van der Waals surface area contributed by atoms with Crippen LogP contribution in [0.4, 0.5) is 10.1 Å². The van der Waals surface area contributed by atoms with E-state index in [1.54, 1.807) is 20.8 Å². The van der Waals surface area contributed by atoms with E-state index in [2.05, 4.69) is 10.0 Å². The van der Waals surface area contributed by atoms with Crippen molar-refractivity contribution in [2.75, 3.05) is 5.32 Å². The summed E-state index contributed by atoms with van der Waals surface area (Å²) >= 11 is 0. The average Bonchev–Trinajstić information content (AvgIpc) is 2.64. The van der Waals surface area contributed by atoms with Gasteiger partial charge in [0.05, 0.1) is 11.0 Å². The second-order valence-electron chi connectivity index (χ2n) is 6.70. The molecule has 0 spiro atoms. The summed E-state index contributed by atoms with van der Waals surface area (Å²) in [4.78, 5) is 12.4. The number of nitrogens with zero attached hydrogens (tertiary/aromatic N) is 1. The normalized spacial score (nSPS) is 13.4. The van der Waals surface area contributed by atoms with Gasteiger partial charge in [-0.3, -0.25) is 4.79 Å². The van der Waals surface area contributed by atoms with Crippen LogP contribution >= 0.6 is 0 Å². The third-order valence-corrected chi connectivity index (χ3v) is 5.99. The van der Waals surface area contributed by atoms with E-state index in [1.165, 1.54) is 42.5 Å². The third kappa shape index (κ3) is 5.38. The SMILES string of the molecule is Cc1cc(NC(=O)c2cccc(S(=O)(=O)NC(C)C(C)CC#N)c2)ccc1F. The first kappa shape index (κ1) is 21.5. The van der Waals surface area contributed by atoms with Crippen LogP contribution in [0.25, 0.3) is 0 Å². The van der Waals surface area contributed by atoms with E-state index in [1.807, 2.05) is 6.07 Å². The number of benzene rings is 2. The molecule has 2 rings (SSSR count). The Morgan fingerprint density at radius 3 is 2.57 bits per heavy atom. The topological polar surface area (TPSA) is 99.1 Å². The lowest BCUT2D eigenvalue weighted by atomic mass is 10.0. The maximum atomic E-state index is 13.3. The molecular formula is C20H22FN3O3S. The zero-order valence-electron chi connectivity index (χ0n) is 15.9. The van der Waals surface area contributed by atoms with Crippen molar-refractivity contribution in [2.24, 2.45) is 5.92 Å². The van der Waals surface area contributed by atoms with Gasteiger partial charge in [0.2, 0.25) is 10.0 Å². The fraction of sp³-hybridized carbons (Fsp3) is 0.300. The molecule has 0 bridgehead atoms. The third-order valence-electron chi connectivity index (χ3n) is 4.43. The number of hydrogen-bond donors (Lipinski definition) is 2. The summed E-state index contributed by atoms with van der Waals surface area (Å²) in [6.45, 7) is 5.05. The van der Waals surface area contributed by atoms with Crippen LogP contribution in [0.15, 0.2) is 47.4 Å². The molecule has 2 aromatic carbocycles. The quantitative estimate of drug-likeness (QED) is 0.738. The van der Waals surface area contributed by atoms with Gasteiger partial charge in [-0.05, 0) is 61.7 Å². The fourth-order valence-corrected chi connectivity index (χ4v) is 3.88. The van der Waals surface area contributed by atoms with Crippen molar-refractivity contribution >= 4 is 21.6 Å². The Labute approximate surface area is 164 Å². The molecule has 8 heteroatoms. The minimum Gasteiger partial charge on any atom is -0.322 e. The maximum Gasteiger partial charge on any atom is 0.255 e. The van der Waals surface area contributed by atoms with Crippen molar-refractivity contribution < 1.29 is 17.6 Å². The molecule has 2 unspecified atom stereocenters. The highest BCUT2D eigenvalue weighted by atomic mass is 32.2. The number of rotatable bonds is 7. The first-order valence-corrected chi connectivity index (χ1v) is 10.2. The zero-order valence-corrected chi connectivity index (χ0v) is 16.7. The molecule has 0 aromatic heterocycles. The summed E-state index contributed by atoms with van der Waals surface area (Å²) in [6, 6.07) is 11.4. The standard InChI is InChI=1S/C20H22FN3O3S/c1-13(9-10-22)15(3)24-28(26,27)18-6-4-5-16(12-18)20(25)23-17-7-8-19(21)14(2)11-17/h4-8,11-13,15,24H,9H2,1-3H3,(H,23,25). The Morgan fingerprint density at radius 1 is 1.21 bits per heavy atom. The lowest BCUT2D eigenvalue weighted by Gasteiger charge is -2.19. The van der Waals surface area contributed by atoms with Crippen molar-refractivity contribution in [3.8, 4) is 6.07 Å². The lowest BCUT2D eigenvalue weighted by molar-refractivity contribution is 0.102. The van der Waals surface area contributed by atoms with Crippen LogP contribution in [0.3, 0.4) is 0 Å². The molecule has 0 saturated carbocycles. The van der Waals surface area contributed by atoms with Gasteiger partial charge < -0.3 is 5.32 Å². The van der Waals surface area contributed by atoms with Crippen molar-refractivity contribution in [3.05, 3.63) is 59.4 Å². The van der Waals surface area contributed by atoms with E-state index in [-0.39, 0.29) is 28.6 Å². The first-order chi connectivity index (χ1) is 13.1. The maximum absolute atomic E-state index is 13.3. The van der Waals surface area contributed by atoms with Crippen LogP contribution in [0.5, 0.6) is 0 Å². The van der Waals surface area contributed by atoms with Gasteiger partial charge >= 0.3 is 0 Å². The second-order valence-corrected chi connectivity index (χ2v) is 8.41. The number of sulfonamides is 1. The smallest absolute Gasteiger partial charge is 0.255 e. The highest BCUT2D eigenvalue weighted by Gasteiger charge is 2.22. The number of hydrogen-bond acceptors (Lipinski definition) is 4. The van der Waals surface area contributed by atoms with Gasteiger partial charge in [-0.2, -0.15) is 5.26 Å². The Morgan fingerprint density at radius 2 is 1.93 bits per heavy atom. The number of aryl methyl sites for hydroxylation is 1. The summed E-state index contributed by atoms with van der Waals surface area (Å²) in [6.07, 6.45) is 0.225. The summed E-state index contributed by atoms with van der Waals surface area (Å²) in [5.74, 6) is -1.04. The molecule has 0 fully saturated rings. The van der Waals surface area contributed by atoms with E-state index >= 15 is 0 Å². The molecule has 0 aliphatic rings. The molecule has 0 heterocycles. The molecule has 2 atom stereocenters. The number of anilines is 1. The number of halogens is 1. The molecule has 0 aliphatic heterocycles. The Bertz CT molecular complexity index is 1020. The summed E-state index contributed by atoms with van der Waals surface area (Å²) < 4.78 is 41.1. The molecule has 6 nitrogen and oxygen atoms in total. The summed E-state index contributed by atoms with van der Waals surface area (Å²) in [7, 11) is -3.85. The summed E-state index contributed by atoms with van der Waals surface area (Å²) in [5, 5.41) is 11.4. The van der Waals surface area contributed by atoms with Crippen molar-refractivity contribution in [1.29, 1.82) is 5.26 Å². The molecule has 2 aromatic rings. The number of nitrogens with one attached hydrogen (secondary N) is 2. The van der Waals surface area contributed by atoms with Gasteiger partial charge in [-0.15, -0.1) is 0 Å². The molecule has 0 aliphatic carbocycles. The van der Waals surface area contributed by atoms with E-state index in [4.69, 9.17) is 5.26 Å². The van der Waals surface area contributed by atoms with Crippen molar-refractivity contribution in [1.82, 2.24) is 4.72 Å². The minimum absolute atomic E-state index is 0.0496. The van der Waals surface area contributed by atoms with Crippen LogP contribution in [-0.2, 0) is 10.0 Å². The van der Waals surface area contributed by atoms with Crippen molar-refractivity contribution in [2.45, 2.75) is 38.1 Å². The van der Waals surface area contributed by atoms with Gasteiger partial charge in [-0.1, -0.05) is 13.0 Å². The van der Waals surface area contributed by atoms with E-state index in [9.17, 15) is 17.6 Å². The monoisotopic (exact) mass is 403 g/mol. The van der Waals surface area contributed by atoms with Crippen LogP contribution in [0, 0.1) is 30.0 Å². The largest absolute Gasteiger partial charge is 0.322 e. The van der Waals surface area contributed by atoms with Gasteiger partial charge in [0.15, 0.2) is 0 Å². The van der Waals surface area contributed by atoms with Gasteiger partial charge in [-0.25, -0.2) is 17.5 Å². The van der Waals surface area contributed by atoms with Crippen molar-refractivity contribution in [3.63, 3.8) is 0 Å². The van der Waals surface area contributed by atoms with E-state index < -0.39 is 22.0 Å². The number of carbonyl (C=O) groups is 1. The Kier molecular flexibility index (Phi) is 6.89. The molecule has 0 radical (unpaired) electrons. The van der Waals surface area contributed by atoms with Crippen LogP contribution in [0.2, 0.25) is 0 Å². The van der Waals surface area contributed by atoms with Crippen LogP contribution < -0.4 is 10.0 Å². The highest BCUT2D eigenvalue weighted by molar-refractivity contribution is 7.89. The average molecular weight is 403 g/mol. The van der Waals surface area contributed by atoms with Gasteiger partial charge in [0.25, 0.3) is 5.91 Å².